The molecule has 2 saturated heterocycles. The van der Waals surface area contributed by atoms with E-state index in [1.165, 1.54) is 18.2 Å². The number of benzene rings is 1. The van der Waals surface area contributed by atoms with E-state index in [0.29, 0.717) is 43.2 Å². The summed E-state index contributed by atoms with van der Waals surface area (Å²) in [5.41, 5.74) is 0.710. The molecule has 0 aliphatic carbocycles. The van der Waals surface area contributed by atoms with Crippen LogP contribution in [0.25, 0.3) is 0 Å². The lowest BCUT2D eigenvalue weighted by atomic mass is 10.0. The molecule has 1 amide bonds. The normalized spacial score (nSPS) is 17.6. The first-order chi connectivity index (χ1) is 14.4. The van der Waals surface area contributed by atoms with Crippen molar-refractivity contribution in [2.24, 2.45) is 0 Å². The van der Waals surface area contributed by atoms with Crippen LogP contribution >= 0.6 is 11.6 Å². The fraction of sp³-hybridized carbons (Fsp3) is 0.368. The minimum atomic E-state index is -2.59. The van der Waals surface area contributed by atoms with E-state index in [4.69, 9.17) is 17.0 Å². The Morgan fingerprint density at radius 1 is 1.33 bits per heavy atom. The van der Waals surface area contributed by atoms with Gasteiger partial charge in [-0.3, -0.25) is 9.69 Å². The summed E-state index contributed by atoms with van der Waals surface area (Å²) in [6.07, 6.45) is -1.47. The van der Waals surface area contributed by atoms with Crippen LogP contribution in [0.4, 0.5) is 26.1 Å². The Morgan fingerprint density at radius 2 is 2.13 bits per heavy atom. The van der Waals surface area contributed by atoms with E-state index in [1.807, 2.05) is 4.90 Å². The predicted octanol–water partition coefficient (Wildman–Crippen LogP) is 2.43. The third-order valence-electron chi connectivity index (χ3n) is 5.19. The summed E-state index contributed by atoms with van der Waals surface area (Å²) in [6, 6.07) is 6.03. The van der Waals surface area contributed by atoms with Crippen molar-refractivity contribution in [3.05, 3.63) is 40.7 Å². The summed E-state index contributed by atoms with van der Waals surface area (Å²) in [5, 5.41) is 13.6. The molecule has 2 aliphatic heterocycles. The average molecular weight is 436 g/mol. The second-order valence-corrected chi connectivity index (χ2v) is 7.49. The van der Waals surface area contributed by atoms with Crippen LogP contribution in [0.15, 0.2) is 24.3 Å². The molecular formula is C19H20ClF2N7O. The van der Waals surface area contributed by atoms with Crippen LogP contribution in [0.3, 0.4) is 0 Å². The van der Waals surface area contributed by atoms with E-state index < -0.39 is 6.43 Å². The van der Waals surface area contributed by atoms with E-state index in [0.717, 1.165) is 12.8 Å². The van der Waals surface area contributed by atoms with Gasteiger partial charge in [0.1, 0.15) is 11.6 Å². The Morgan fingerprint density at radius 3 is 2.83 bits per heavy atom. The molecule has 0 bridgehead atoms. The Hall–Kier alpha value is -2.85. The van der Waals surface area contributed by atoms with Gasteiger partial charge in [-0.2, -0.15) is 9.97 Å². The zero-order valence-corrected chi connectivity index (χ0v) is 16.7. The summed E-state index contributed by atoms with van der Waals surface area (Å²) >= 11 is 6.11. The molecule has 11 heteroatoms. The van der Waals surface area contributed by atoms with Crippen LogP contribution in [0.1, 0.15) is 17.6 Å². The summed E-state index contributed by atoms with van der Waals surface area (Å²) in [6.45, 7) is 3.07. The van der Waals surface area contributed by atoms with Gasteiger partial charge in [0.2, 0.25) is 11.2 Å². The van der Waals surface area contributed by atoms with Crippen LogP contribution in [-0.4, -0.2) is 65.8 Å². The summed E-state index contributed by atoms with van der Waals surface area (Å²) in [7, 11) is 0. The molecule has 0 atom stereocenters. The fourth-order valence-electron chi connectivity index (χ4n) is 3.62. The van der Waals surface area contributed by atoms with Gasteiger partial charge in [-0.05, 0) is 23.7 Å². The van der Waals surface area contributed by atoms with E-state index >= 15 is 0 Å². The number of piperazine rings is 1. The van der Waals surface area contributed by atoms with Crippen LogP contribution < -0.4 is 15.5 Å². The molecule has 0 unspecified atom stereocenters. The lowest BCUT2D eigenvalue weighted by Gasteiger charge is -2.47. The van der Waals surface area contributed by atoms with Crippen LogP contribution in [0.5, 0.6) is 0 Å². The second-order valence-electron chi connectivity index (χ2n) is 7.15. The first-order valence-corrected chi connectivity index (χ1v) is 9.81. The minimum absolute atomic E-state index is 0.0103. The molecule has 2 fully saturated rings. The monoisotopic (exact) mass is 435 g/mol. The van der Waals surface area contributed by atoms with Gasteiger partial charge in [-0.1, -0.05) is 12.1 Å². The molecule has 0 saturated carbocycles. The van der Waals surface area contributed by atoms with Crippen molar-refractivity contribution < 1.29 is 13.6 Å². The number of halogens is 3. The molecular weight excluding hydrogens is 416 g/mol. The number of nitrogens with one attached hydrogen (secondary N) is 3. The van der Waals surface area contributed by atoms with Crippen molar-refractivity contribution in [1.29, 1.82) is 5.41 Å². The Labute approximate surface area is 176 Å². The van der Waals surface area contributed by atoms with Crippen molar-refractivity contribution in [2.45, 2.75) is 12.5 Å². The second kappa shape index (κ2) is 8.49. The largest absolute Gasteiger partial charge is 0.354 e. The number of nitrogens with zero attached hydrogens (tertiary/aromatic N) is 4. The number of amides is 1. The van der Waals surface area contributed by atoms with Crippen molar-refractivity contribution in [2.75, 3.05) is 42.9 Å². The third-order valence-corrected chi connectivity index (χ3v) is 5.36. The van der Waals surface area contributed by atoms with Gasteiger partial charge in [0.15, 0.2) is 0 Å². The molecule has 3 N–H and O–H groups in total. The van der Waals surface area contributed by atoms with E-state index in [2.05, 4.69) is 25.5 Å². The maximum absolute atomic E-state index is 13.0. The number of alkyl halides is 2. The maximum atomic E-state index is 13.0. The predicted molar refractivity (Wildman–Crippen MR) is 110 cm³/mol. The minimum Gasteiger partial charge on any atom is -0.354 e. The average Bonchev–Trinajstić information content (AvgIpc) is 2.67. The highest BCUT2D eigenvalue weighted by Gasteiger charge is 2.36. The molecule has 4 rings (SSSR count). The molecule has 2 aliphatic rings. The van der Waals surface area contributed by atoms with Crippen LogP contribution in [0, 0.1) is 5.41 Å². The molecule has 1 aromatic heterocycles. The van der Waals surface area contributed by atoms with Crippen molar-refractivity contribution in [1.82, 2.24) is 20.2 Å². The summed E-state index contributed by atoms with van der Waals surface area (Å²) < 4.78 is 26.0. The topological polar surface area (TPSA) is 97.2 Å². The number of hydrogen-bond acceptors (Lipinski definition) is 7. The van der Waals surface area contributed by atoms with Gasteiger partial charge in [0.05, 0.1) is 12.1 Å². The Balaban J connectivity index is 1.54. The van der Waals surface area contributed by atoms with Crippen molar-refractivity contribution in [3.63, 3.8) is 0 Å². The van der Waals surface area contributed by atoms with Gasteiger partial charge in [-0.25, -0.2) is 8.78 Å². The Kier molecular flexibility index (Phi) is 5.78. The molecule has 0 radical (unpaired) electrons. The SMILES string of the molecule is N=Cc1c(Nc2cccc(C(F)F)c2)nc(Cl)nc1N1CC(N2CCNC(=O)C2)C1. The lowest BCUT2D eigenvalue weighted by Crippen LogP contribution is -2.64. The highest BCUT2D eigenvalue weighted by molar-refractivity contribution is 6.28. The van der Waals surface area contributed by atoms with Gasteiger partial charge in [-0.15, -0.1) is 0 Å². The third kappa shape index (κ3) is 4.19. The molecule has 8 nitrogen and oxygen atoms in total. The molecule has 2 aromatic rings. The first-order valence-electron chi connectivity index (χ1n) is 9.43. The van der Waals surface area contributed by atoms with Crippen LogP contribution in [-0.2, 0) is 4.79 Å². The fourth-order valence-corrected chi connectivity index (χ4v) is 3.78. The number of aromatic nitrogens is 2. The number of carbonyl (C=O) groups is 1. The van der Waals surface area contributed by atoms with E-state index in [1.54, 1.807) is 6.07 Å². The van der Waals surface area contributed by atoms with Crippen LogP contribution in [0.2, 0.25) is 5.28 Å². The van der Waals surface area contributed by atoms with Crippen molar-refractivity contribution >= 4 is 41.0 Å². The summed E-state index contributed by atoms with van der Waals surface area (Å²) in [4.78, 5) is 24.1. The number of anilines is 3. The number of hydrogen-bond donors (Lipinski definition) is 3. The zero-order valence-electron chi connectivity index (χ0n) is 15.9. The standard InChI is InChI=1S/C19H20ClF2N7O/c20-19-26-17(25-12-3-1-2-11(6-12)16(21)22)14(7-23)18(27-19)29-8-13(9-29)28-5-4-24-15(30)10-28/h1-3,6-7,13,16,23H,4-5,8-10H2,(H,24,30)(H,25,26,27). The highest BCUT2D eigenvalue weighted by Crippen LogP contribution is 2.32. The molecule has 0 spiro atoms. The van der Waals surface area contributed by atoms with Gasteiger partial charge >= 0.3 is 0 Å². The number of rotatable bonds is 6. The maximum Gasteiger partial charge on any atom is 0.263 e. The van der Waals surface area contributed by atoms with E-state index in [-0.39, 0.29) is 28.6 Å². The lowest BCUT2D eigenvalue weighted by molar-refractivity contribution is -0.125. The summed E-state index contributed by atoms with van der Waals surface area (Å²) in [5.74, 6) is 0.782. The molecule has 1 aromatic carbocycles. The Bertz CT molecular complexity index is 968. The molecule has 30 heavy (non-hydrogen) atoms. The quantitative estimate of drug-likeness (QED) is 0.476. The number of carbonyl (C=O) groups excluding carboxylic acids is 1. The van der Waals surface area contributed by atoms with Gasteiger partial charge in [0, 0.05) is 49.7 Å². The first kappa shape index (κ1) is 20.4. The smallest absolute Gasteiger partial charge is 0.263 e. The molecule has 158 valence electrons. The molecule has 3 heterocycles. The van der Waals surface area contributed by atoms with Gasteiger partial charge < -0.3 is 20.9 Å². The van der Waals surface area contributed by atoms with Crippen molar-refractivity contribution in [3.8, 4) is 0 Å². The highest BCUT2D eigenvalue weighted by atomic mass is 35.5. The van der Waals surface area contributed by atoms with Gasteiger partial charge in [0.25, 0.3) is 6.43 Å². The zero-order chi connectivity index (χ0) is 21.3. The van der Waals surface area contributed by atoms with E-state index in [9.17, 15) is 13.6 Å².